The highest BCUT2D eigenvalue weighted by Gasteiger charge is 2.41. The smallest absolute Gasteiger partial charge is 0.316 e. The maximum Gasteiger partial charge on any atom is 0.316 e. The van der Waals surface area contributed by atoms with Crippen LogP contribution < -0.4 is 16.0 Å². The number of carbonyl (C=O) groups is 3. The molecular weight excluding hydrogens is 498 g/mol. The molecule has 11 nitrogen and oxygen atoms in total. The van der Waals surface area contributed by atoms with Gasteiger partial charge in [0.2, 0.25) is 11.8 Å². The summed E-state index contributed by atoms with van der Waals surface area (Å²) in [4.78, 5) is 42.7. The molecule has 206 valence electrons. The third kappa shape index (κ3) is 6.62. The second kappa shape index (κ2) is 13.0. The Morgan fingerprint density at radius 1 is 1.18 bits per heavy atom. The molecule has 1 saturated heterocycles. The number of urea groups is 1. The second-order valence-electron chi connectivity index (χ2n) is 9.39. The minimum atomic E-state index is -0.794. The largest absolute Gasteiger partial charge is 0.394 e. The van der Waals surface area contributed by atoms with E-state index in [1.807, 2.05) is 48.5 Å². The molecule has 2 aromatic carbocycles. The minimum Gasteiger partial charge on any atom is -0.394 e. The summed E-state index contributed by atoms with van der Waals surface area (Å²) in [6.07, 6.45) is 2.63. The van der Waals surface area contributed by atoms with Crippen molar-refractivity contribution >= 4 is 28.7 Å². The van der Waals surface area contributed by atoms with E-state index >= 15 is 0 Å². The lowest BCUT2D eigenvalue weighted by atomic mass is 10.1. The van der Waals surface area contributed by atoms with Crippen molar-refractivity contribution in [1.29, 1.82) is 0 Å². The first-order valence-electron chi connectivity index (χ1n) is 13.0. The summed E-state index contributed by atoms with van der Waals surface area (Å²) < 4.78 is 1.72. The van der Waals surface area contributed by atoms with Gasteiger partial charge in [0.15, 0.2) is 0 Å². The highest BCUT2D eigenvalue weighted by atomic mass is 16.3. The lowest BCUT2D eigenvalue weighted by Crippen LogP contribution is -2.68. The van der Waals surface area contributed by atoms with E-state index in [0.717, 1.165) is 22.0 Å². The molecule has 3 aromatic rings. The Morgan fingerprint density at radius 2 is 1.97 bits per heavy atom. The molecule has 0 bridgehead atoms. The van der Waals surface area contributed by atoms with E-state index in [0.29, 0.717) is 19.6 Å². The number of fused-ring (bicyclic) bond motifs is 1. The Balaban J connectivity index is 1.55. The zero-order chi connectivity index (χ0) is 27.8. The highest BCUT2D eigenvalue weighted by molar-refractivity contribution is 5.90. The lowest BCUT2D eigenvalue weighted by Gasteiger charge is -2.45. The van der Waals surface area contributed by atoms with Crippen LogP contribution in [0.1, 0.15) is 18.1 Å². The van der Waals surface area contributed by atoms with Gasteiger partial charge in [0.1, 0.15) is 12.2 Å². The van der Waals surface area contributed by atoms with Crippen LogP contribution in [0.3, 0.4) is 0 Å². The number of aromatic nitrogens is 2. The zero-order valence-corrected chi connectivity index (χ0v) is 22.0. The van der Waals surface area contributed by atoms with Crippen LogP contribution in [0.15, 0.2) is 67.4 Å². The minimum absolute atomic E-state index is 0.00705. The van der Waals surface area contributed by atoms with Gasteiger partial charge in [-0.25, -0.2) is 4.79 Å². The Morgan fingerprint density at radius 3 is 2.72 bits per heavy atom. The molecule has 0 radical (unpaired) electrons. The molecule has 0 unspecified atom stereocenters. The van der Waals surface area contributed by atoms with Crippen molar-refractivity contribution in [2.75, 3.05) is 26.2 Å². The molecule has 0 saturated carbocycles. The van der Waals surface area contributed by atoms with Crippen LogP contribution in [0.5, 0.6) is 0 Å². The predicted molar refractivity (Wildman–Crippen MR) is 147 cm³/mol. The summed E-state index contributed by atoms with van der Waals surface area (Å²) in [6.45, 7) is 6.73. The maximum absolute atomic E-state index is 13.5. The third-order valence-corrected chi connectivity index (χ3v) is 6.68. The number of nitrogens with zero attached hydrogens (tertiary/aromatic N) is 4. The van der Waals surface area contributed by atoms with E-state index in [1.54, 1.807) is 28.8 Å². The number of piperazine rings is 1. The summed E-state index contributed by atoms with van der Waals surface area (Å²) in [5, 5.41) is 23.4. The first-order valence-corrected chi connectivity index (χ1v) is 13.0. The Bertz CT molecular complexity index is 1310. The van der Waals surface area contributed by atoms with Crippen molar-refractivity contribution < 1.29 is 19.5 Å². The normalized spacial score (nSPS) is 17.3. The number of hydrogen-bond donors (Lipinski definition) is 4. The van der Waals surface area contributed by atoms with E-state index in [-0.39, 0.29) is 38.1 Å². The van der Waals surface area contributed by atoms with Gasteiger partial charge in [0, 0.05) is 25.0 Å². The topological polar surface area (TPSA) is 132 Å². The van der Waals surface area contributed by atoms with Crippen LogP contribution in [0.25, 0.3) is 10.9 Å². The van der Waals surface area contributed by atoms with E-state index in [4.69, 9.17) is 0 Å². The average molecular weight is 534 g/mol. The molecule has 2 heterocycles. The summed E-state index contributed by atoms with van der Waals surface area (Å²) in [5.41, 5.74) is 2.64. The number of amides is 4. The Kier molecular flexibility index (Phi) is 9.29. The fraction of sp³-hybridized carbons (Fsp3) is 0.357. The fourth-order valence-electron chi connectivity index (χ4n) is 4.86. The number of carbonyl (C=O) groups excluding carboxylic acids is 3. The number of hydrogen-bond acceptors (Lipinski definition) is 6. The van der Waals surface area contributed by atoms with Crippen molar-refractivity contribution in [3.8, 4) is 0 Å². The number of para-hydroxylation sites is 1. The number of rotatable bonds is 11. The monoisotopic (exact) mass is 533 g/mol. The highest BCUT2D eigenvalue weighted by Crippen LogP contribution is 2.24. The van der Waals surface area contributed by atoms with Crippen molar-refractivity contribution in [3.05, 3.63) is 78.5 Å². The average Bonchev–Trinajstić information content (AvgIpc) is 3.35. The van der Waals surface area contributed by atoms with Gasteiger partial charge in [-0.05, 0) is 18.1 Å². The fourth-order valence-corrected chi connectivity index (χ4v) is 4.86. The van der Waals surface area contributed by atoms with Crippen LogP contribution in [-0.2, 0) is 29.2 Å². The first kappa shape index (κ1) is 27.8. The standard InChI is InChI=1S/C28H35N7O4/c1-3-12-29-17-25(37)35-20(2)27(38)33(18-23-11-7-10-22-16-31-34(13-14-36)26(22)23)19-24(35)32-28(39)30-15-21-8-5-4-6-9-21/h3-11,16,20,24,29,36H,1,12-15,17-19H2,2H3,(H2,30,32,39)/t20-,24+/m0/s1. The molecule has 1 aliphatic heterocycles. The summed E-state index contributed by atoms with van der Waals surface area (Å²) in [7, 11) is 0. The second-order valence-corrected chi connectivity index (χ2v) is 9.39. The van der Waals surface area contributed by atoms with Gasteiger partial charge in [-0.15, -0.1) is 6.58 Å². The van der Waals surface area contributed by atoms with Gasteiger partial charge in [0.25, 0.3) is 0 Å². The summed E-state index contributed by atoms with van der Waals surface area (Å²) in [6, 6.07) is 14.0. The molecular formula is C28H35N7O4. The van der Waals surface area contributed by atoms with Gasteiger partial charge in [-0.3, -0.25) is 14.3 Å². The number of aliphatic hydroxyl groups is 1. The molecule has 4 N–H and O–H groups in total. The van der Waals surface area contributed by atoms with Gasteiger partial charge >= 0.3 is 6.03 Å². The van der Waals surface area contributed by atoms with Gasteiger partial charge in [-0.1, -0.05) is 54.6 Å². The predicted octanol–water partition coefficient (Wildman–Crippen LogP) is 1.19. The lowest BCUT2D eigenvalue weighted by molar-refractivity contribution is -0.155. The molecule has 1 fully saturated rings. The van der Waals surface area contributed by atoms with Gasteiger partial charge in [0.05, 0.1) is 38.0 Å². The van der Waals surface area contributed by atoms with Crippen LogP contribution in [0.4, 0.5) is 4.79 Å². The van der Waals surface area contributed by atoms with Crippen molar-refractivity contribution in [2.24, 2.45) is 0 Å². The van der Waals surface area contributed by atoms with E-state index in [9.17, 15) is 19.5 Å². The maximum atomic E-state index is 13.5. The van der Waals surface area contributed by atoms with Crippen molar-refractivity contribution in [3.63, 3.8) is 0 Å². The van der Waals surface area contributed by atoms with E-state index in [2.05, 4.69) is 27.6 Å². The van der Waals surface area contributed by atoms with Crippen molar-refractivity contribution in [1.82, 2.24) is 35.5 Å². The zero-order valence-electron chi connectivity index (χ0n) is 22.0. The molecule has 0 aliphatic carbocycles. The molecule has 39 heavy (non-hydrogen) atoms. The molecule has 4 amide bonds. The van der Waals surface area contributed by atoms with Crippen LogP contribution in [-0.4, -0.2) is 81.0 Å². The molecule has 11 heteroatoms. The van der Waals surface area contributed by atoms with Crippen LogP contribution in [0.2, 0.25) is 0 Å². The van der Waals surface area contributed by atoms with E-state index < -0.39 is 18.2 Å². The number of nitrogens with one attached hydrogen (secondary N) is 3. The first-order chi connectivity index (χ1) is 18.9. The molecule has 1 aromatic heterocycles. The molecule has 1 aliphatic rings. The van der Waals surface area contributed by atoms with Crippen molar-refractivity contribution in [2.45, 2.75) is 38.8 Å². The number of benzene rings is 2. The molecule has 2 atom stereocenters. The van der Waals surface area contributed by atoms with Gasteiger partial charge in [-0.2, -0.15) is 5.10 Å². The van der Waals surface area contributed by atoms with Gasteiger partial charge < -0.3 is 30.9 Å². The van der Waals surface area contributed by atoms with Crippen LogP contribution in [0, 0.1) is 0 Å². The Labute approximate surface area is 227 Å². The summed E-state index contributed by atoms with van der Waals surface area (Å²) >= 11 is 0. The van der Waals surface area contributed by atoms with E-state index in [1.165, 1.54) is 4.90 Å². The quantitative estimate of drug-likeness (QED) is 0.216. The SMILES string of the molecule is C=CCNCC(=O)N1[C@@H](NC(=O)NCc2ccccc2)CN(Cc2cccc3cnn(CCO)c23)C(=O)[C@@H]1C. The molecule has 0 spiro atoms. The molecule has 4 rings (SSSR count). The van der Waals surface area contributed by atoms with Crippen LogP contribution >= 0.6 is 0 Å². The summed E-state index contributed by atoms with van der Waals surface area (Å²) in [5.74, 6) is -0.520. The third-order valence-electron chi connectivity index (χ3n) is 6.68. The Hall–Kier alpha value is -4.22. The number of aliphatic hydroxyl groups excluding tert-OH is 1.